The molecule has 3 rings (SSSR count). The number of ether oxygens (including phenoxy) is 2. The van der Waals surface area contributed by atoms with E-state index in [2.05, 4.69) is 4.98 Å². The number of halogens is 1. The van der Waals surface area contributed by atoms with Gasteiger partial charge in [0.05, 0.1) is 12.2 Å². The maximum Gasteiger partial charge on any atom is 0.414 e. The van der Waals surface area contributed by atoms with Gasteiger partial charge in [0, 0.05) is 17.8 Å². The third kappa shape index (κ3) is 3.49. The summed E-state index contributed by atoms with van der Waals surface area (Å²) in [6.45, 7) is 0.293. The van der Waals surface area contributed by atoms with Crippen molar-refractivity contribution in [2.75, 3.05) is 24.3 Å². The van der Waals surface area contributed by atoms with E-state index in [-0.39, 0.29) is 18.8 Å². The summed E-state index contributed by atoms with van der Waals surface area (Å²) in [6, 6.07) is 3.50. The zero-order valence-electron chi connectivity index (χ0n) is 12.5. The Hall–Kier alpha value is -2.20. The van der Waals surface area contributed by atoms with Gasteiger partial charge >= 0.3 is 6.09 Å². The van der Waals surface area contributed by atoms with E-state index in [1.54, 1.807) is 11.6 Å². The summed E-state index contributed by atoms with van der Waals surface area (Å²) in [5.41, 5.74) is 0.224. The Balaban J connectivity index is 1.71. The highest BCUT2D eigenvalue weighted by atomic mass is 32.2. The van der Waals surface area contributed by atoms with Crippen molar-refractivity contribution < 1.29 is 27.1 Å². The SMILES string of the molecule is CS(=O)(=O)c1ccc(N2C[C@H](COc3nccs3)OC2=O)cc1F. The van der Waals surface area contributed by atoms with E-state index in [1.165, 1.54) is 22.3 Å². The number of amides is 1. The van der Waals surface area contributed by atoms with Crippen LogP contribution in [0.1, 0.15) is 0 Å². The van der Waals surface area contributed by atoms with Crippen LogP contribution in [0.3, 0.4) is 0 Å². The van der Waals surface area contributed by atoms with Crippen molar-refractivity contribution in [2.24, 2.45) is 0 Å². The zero-order chi connectivity index (χ0) is 17.3. The summed E-state index contributed by atoms with van der Waals surface area (Å²) in [7, 11) is -3.67. The average Bonchev–Trinajstić information content (AvgIpc) is 3.13. The first-order chi connectivity index (χ1) is 11.3. The molecule has 128 valence electrons. The number of thiazole rings is 1. The van der Waals surface area contributed by atoms with Gasteiger partial charge in [0.15, 0.2) is 15.9 Å². The normalized spacial score (nSPS) is 17.8. The highest BCUT2D eigenvalue weighted by Crippen LogP contribution is 2.26. The van der Waals surface area contributed by atoms with Crippen molar-refractivity contribution >= 4 is 33.0 Å². The average molecular weight is 372 g/mol. The molecule has 1 fully saturated rings. The summed E-state index contributed by atoms with van der Waals surface area (Å²) in [6.07, 6.45) is 1.34. The molecule has 2 heterocycles. The molecular formula is C14H13FN2O5S2. The summed E-state index contributed by atoms with van der Waals surface area (Å²) >= 11 is 1.32. The smallest absolute Gasteiger partial charge is 0.414 e. The van der Waals surface area contributed by atoms with Crippen molar-refractivity contribution in [3.8, 4) is 5.19 Å². The Bertz CT molecular complexity index is 854. The number of aromatic nitrogens is 1. The van der Waals surface area contributed by atoms with Crippen molar-refractivity contribution in [3.05, 3.63) is 35.6 Å². The maximum absolute atomic E-state index is 14.0. The quantitative estimate of drug-likeness (QED) is 0.799. The molecule has 1 amide bonds. The van der Waals surface area contributed by atoms with E-state index >= 15 is 0 Å². The van der Waals surface area contributed by atoms with E-state index in [0.29, 0.717) is 5.19 Å². The van der Waals surface area contributed by atoms with Crippen molar-refractivity contribution in [1.29, 1.82) is 0 Å². The number of hydrogen-bond acceptors (Lipinski definition) is 7. The molecule has 1 aliphatic heterocycles. The minimum atomic E-state index is -3.67. The third-order valence-corrected chi connectivity index (χ3v) is 5.12. The fourth-order valence-electron chi connectivity index (χ4n) is 2.22. The van der Waals surface area contributed by atoms with Gasteiger partial charge < -0.3 is 9.47 Å². The first-order valence-corrected chi connectivity index (χ1v) is 9.62. The largest absolute Gasteiger partial charge is 0.466 e. The highest BCUT2D eigenvalue weighted by molar-refractivity contribution is 7.90. The molecule has 0 aliphatic carbocycles. The molecule has 1 atom stereocenters. The van der Waals surface area contributed by atoms with Gasteiger partial charge in [0.1, 0.15) is 17.3 Å². The second-order valence-electron chi connectivity index (χ2n) is 5.11. The Morgan fingerprint density at radius 3 is 2.92 bits per heavy atom. The van der Waals surface area contributed by atoms with Gasteiger partial charge in [0.25, 0.3) is 5.19 Å². The molecule has 10 heteroatoms. The first-order valence-electron chi connectivity index (χ1n) is 6.84. The molecular weight excluding hydrogens is 359 g/mol. The van der Waals surface area contributed by atoms with Crippen molar-refractivity contribution in [3.63, 3.8) is 0 Å². The number of anilines is 1. The molecule has 0 N–H and O–H groups in total. The van der Waals surface area contributed by atoms with E-state index in [1.807, 2.05) is 0 Å². The summed E-state index contributed by atoms with van der Waals surface area (Å²) in [5.74, 6) is -0.912. The van der Waals surface area contributed by atoms with Crippen LogP contribution in [0.25, 0.3) is 0 Å². The van der Waals surface area contributed by atoms with Gasteiger partial charge in [-0.15, -0.1) is 0 Å². The second kappa shape index (κ2) is 6.36. The van der Waals surface area contributed by atoms with Crippen LogP contribution in [0.5, 0.6) is 5.19 Å². The van der Waals surface area contributed by atoms with E-state index in [4.69, 9.17) is 9.47 Å². The minimum absolute atomic E-state index is 0.125. The number of benzene rings is 1. The van der Waals surface area contributed by atoms with Crippen molar-refractivity contribution in [2.45, 2.75) is 11.0 Å². The van der Waals surface area contributed by atoms with E-state index in [9.17, 15) is 17.6 Å². The molecule has 0 unspecified atom stereocenters. The summed E-state index contributed by atoms with van der Waals surface area (Å²) in [4.78, 5) is 16.7. The molecule has 0 spiro atoms. The molecule has 0 radical (unpaired) electrons. The fraction of sp³-hybridized carbons (Fsp3) is 0.286. The lowest BCUT2D eigenvalue weighted by Gasteiger charge is -2.14. The van der Waals surface area contributed by atoms with Crippen LogP contribution in [0.15, 0.2) is 34.7 Å². The molecule has 0 bridgehead atoms. The Morgan fingerprint density at radius 2 is 2.29 bits per heavy atom. The van der Waals surface area contributed by atoms with Gasteiger partial charge in [-0.05, 0) is 18.2 Å². The lowest BCUT2D eigenvalue weighted by molar-refractivity contribution is 0.105. The standard InChI is InChI=1S/C14H13FN2O5S2/c1-24(19,20)12-3-2-9(6-11(12)15)17-7-10(22-14(17)18)8-21-13-16-4-5-23-13/h2-6,10H,7-8H2,1H3/t10-/m1/s1. The van der Waals surface area contributed by atoms with E-state index in [0.717, 1.165) is 18.4 Å². The van der Waals surface area contributed by atoms with Crippen LogP contribution < -0.4 is 9.64 Å². The Labute approximate surface area is 141 Å². The van der Waals surface area contributed by atoms with Crippen molar-refractivity contribution in [1.82, 2.24) is 4.98 Å². The molecule has 1 aromatic heterocycles. The lowest BCUT2D eigenvalue weighted by Crippen LogP contribution is -2.26. The topological polar surface area (TPSA) is 85.8 Å². The minimum Gasteiger partial charge on any atom is -0.466 e. The number of hydrogen-bond donors (Lipinski definition) is 0. The van der Waals surface area contributed by atoms with Crippen LogP contribution in [-0.4, -0.2) is 45.0 Å². The second-order valence-corrected chi connectivity index (χ2v) is 7.95. The predicted molar refractivity (Wildman–Crippen MR) is 84.7 cm³/mol. The third-order valence-electron chi connectivity index (χ3n) is 3.30. The van der Waals surface area contributed by atoms with Crippen LogP contribution in [0.4, 0.5) is 14.9 Å². The maximum atomic E-state index is 14.0. The van der Waals surface area contributed by atoms with Gasteiger partial charge in [0.2, 0.25) is 0 Å². The number of carbonyl (C=O) groups is 1. The van der Waals surface area contributed by atoms with Gasteiger partial charge in [-0.3, -0.25) is 4.90 Å². The molecule has 2 aromatic rings. The molecule has 1 aromatic carbocycles. The Kier molecular flexibility index (Phi) is 4.41. The van der Waals surface area contributed by atoms with Crippen LogP contribution in [0.2, 0.25) is 0 Å². The van der Waals surface area contributed by atoms with Crippen LogP contribution in [-0.2, 0) is 14.6 Å². The highest BCUT2D eigenvalue weighted by Gasteiger charge is 2.33. The molecule has 0 saturated carbocycles. The predicted octanol–water partition coefficient (Wildman–Crippen LogP) is 2.09. The number of carbonyl (C=O) groups excluding carboxylic acids is 1. The lowest BCUT2D eigenvalue weighted by atomic mass is 10.2. The Morgan fingerprint density at radius 1 is 1.50 bits per heavy atom. The van der Waals surface area contributed by atoms with Crippen LogP contribution in [0, 0.1) is 5.82 Å². The summed E-state index contributed by atoms with van der Waals surface area (Å²) < 4.78 is 47.4. The fourth-order valence-corrected chi connectivity index (χ4v) is 3.45. The first kappa shape index (κ1) is 16.7. The van der Waals surface area contributed by atoms with E-state index < -0.39 is 32.7 Å². The molecule has 1 saturated heterocycles. The molecule has 24 heavy (non-hydrogen) atoms. The number of cyclic esters (lactones) is 1. The molecule has 7 nitrogen and oxygen atoms in total. The number of rotatable bonds is 5. The number of sulfone groups is 1. The van der Waals surface area contributed by atoms with Gasteiger partial charge in [-0.1, -0.05) is 11.3 Å². The monoisotopic (exact) mass is 372 g/mol. The number of nitrogens with zero attached hydrogens (tertiary/aromatic N) is 2. The van der Waals surface area contributed by atoms with Gasteiger partial charge in [-0.2, -0.15) is 0 Å². The zero-order valence-corrected chi connectivity index (χ0v) is 14.1. The summed E-state index contributed by atoms with van der Waals surface area (Å²) in [5, 5.41) is 2.22. The van der Waals surface area contributed by atoms with Crippen LogP contribution >= 0.6 is 11.3 Å². The van der Waals surface area contributed by atoms with Gasteiger partial charge in [-0.25, -0.2) is 22.6 Å². The molecule has 1 aliphatic rings.